The Hall–Kier alpha value is -2.77. The molecule has 2 aliphatic heterocycles. The number of likely N-dealkylation sites (N-methyl/N-ethyl adjacent to an activating group) is 1. The van der Waals surface area contributed by atoms with Gasteiger partial charge in [0.05, 0.1) is 0 Å². The summed E-state index contributed by atoms with van der Waals surface area (Å²) >= 11 is 0. The lowest BCUT2D eigenvalue weighted by Gasteiger charge is -2.35. The first-order valence-electron chi connectivity index (χ1n) is 8.80. The SMILES string of the molecule is CN1C(=O)N(CC(=O)Nc2ccc3c(c2)OCO3)C(=O)C12CCCCC2. The molecule has 1 saturated heterocycles. The highest BCUT2D eigenvalue weighted by Crippen LogP contribution is 2.39. The van der Waals surface area contributed by atoms with Gasteiger partial charge in [0.25, 0.3) is 5.91 Å². The van der Waals surface area contributed by atoms with Crippen LogP contribution in [0.1, 0.15) is 32.1 Å². The summed E-state index contributed by atoms with van der Waals surface area (Å²) in [4.78, 5) is 40.4. The molecule has 0 unspecified atom stereocenters. The molecule has 1 aromatic rings. The molecule has 1 spiro atoms. The molecule has 8 heteroatoms. The van der Waals surface area contributed by atoms with Crippen molar-refractivity contribution in [2.75, 3.05) is 25.7 Å². The molecule has 2 fully saturated rings. The number of nitrogens with zero attached hydrogens (tertiary/aromatic N) is 2. The topological polar surface area (TPSA) is 88.2 Å². The van der Waals surface area contributed by atoms with Crippen molar-refractivity contribution in [3.05, 3.63) is 18.2 Å². The summed E-state index contributed by atoms with van der Waals surface area (Å²) in [6.45, 7) is -0.143. The Morgan fingerprint density at radius 2 is 1.88 bits per heavy atom. The highest BCUT2D eigenvalue weighted by atomic mass is 16.7. The van der Waals surface area contributed by atoms with Crippen LogP contribution >= 0.6 is 0 Å². The summed E-state index contributed by atoms with van der Waals surface area (Å²) < 4.78 is 10.5. The Bertz CT molecular complexity index is 772. The van der Waals surface area contributed by atoms with Crippen molar-refractivity contribution in [3.63, 3.8) is 0 Å². The molecule has 3 aliphatic rings. The van der Waals surface area contributed by atoms with E-state index < -0.39 is 17.5 Å². The highest BCUT2D eigenvalue weighted by Gasteiger charge is 2.55. The van der Waals surface area contributed by atoms with E-state index in [9.17, 15) is 14.4 Å². The van der Waals surface area contributed by atoms with Crippen LogP contribution in [0.4, 0.5) is 10.5 Å². The minimum absolute atomic E-state index is 0.151. The lowest BCUT2D eigenvalue weighted by molar-refractivity contribution is -0.136. The predicted octanol–water partition coefficient (Wildman–Crippen LogP) is 1.95. The molecular formula is C18H21N3O5. The van der Waals surface area contributed by atoms with Gasteiger partial charge in [-0.25, -0.2) is 4.79 Å². The van der Waals surface area contributed by atoms with E-state index in [0.717, 1.165) is 24.2 Å². The number of carbonyl (C=O) groups is 3. The first-order valence-corrected chi connectivity index (χ1v) is 8.80. The van der Waals surface area contributed by atoms with Crippen LogP contribution in [0.2, 0.25) is 0 Å². The summed E-state index contributed by atoms with van der Waals surface area (Å²) in [6, 6.07) is 4.64. The third-order valence-electron chi connectivity index (χ3n) is 5.44. The predicted molar refractivity (Wildman–Crippen MR) is 91.9 cm³/mol. The summed E-state index contributed by atoms with van der Waals surface area (Å²) in [6.07, 6.45) is 4.23. The van der Waals surface area contributed by atoms with E-state index in [4.69, 9.17) is 9.47 Å². The average Bonchev–Trinajstić information content (AvgIpc) is 3.17. The van der Waals surface area contributed by atoms with E-state index >= 15 is 0 Å². The zero-order valence-corrected chi connectivity index (χ0v) is 14.6. The van der Waals surface area contributed by atoms with Gasteiger partial charge in [-0.15, -0.1) is 0 Å². The number of nitrogens with one attached hydrogen (secondary N) is 1. The molecule has 0 aromatic heterocycles. The zero-order valence-electron chi connectivity index (χ0n) is 14.6. The van der Waals surface area contributed by atoms with E-state index in [1.807, 2.05) is 0 Å². The summed E-state index contributed by atoms with van der Waals surface area (Å²) in [5.74, 6) is 0.489. The van der Waals surface area contributed by atoms with Crippen molar-refractivity contribution in [1.29, 1.82) is 0 Å². The Balaban J connectivity index is 1.45. The molecule has 1 aromatic carbocycles. The summed E-state index contributed by atoms with van der Waals surface area (Å²) in [5, 5.41) is 2.71. The van der Waals surface area contributed by atoms with E-state index in [0.29, 0.717) is 30.0 Å². The van der Waals surface area contributed by atoms with Gasteiger partial charge >= 0.3 is 6.03 Å². The van der Waals surface area contributed by atoms with Crippen molar-refractivity contribution in [1.82, 2.24) is 9.80 Å². The molecule has 0 atom stereocenters. The van der Waals surface area contributed by atoms with Crippen LogP contribution in [0.3, 0.4) is 0 Å². The first-order chi connectivity index (χ1) is 12.5. The van der Waals surface area contributed by atoms with Gasteiger partial charge < -0.3 is 19.7 Å². The number of rotatable bonds is 3. The van der Waals surface area contributed by atoms with Crippen LogP contribution in [0, 0.1) is 0 Å². The van der Waals surface area contributed by atoms with Gasteiger partial charge in [0.2, 0.25) is 12.7 Å². The number of fused-ring (bicyclic) bond motifs is 1. The van der Waals surface area contributed by atoms with Gasteiger partial charge in [-0.05, 0) is 25.0 Å². The molecule has 1 saturated carbocycles. The second-order valence-electron chi connectivity index (χ2n) is 6.94. The number of ether oxygens (including phenoxy) is 2. The standard InChI is InChI=1S/C18H21N3O5/c1-20-17(24)21(16(23)18(20)7-3-2-4-8-18)10-15(22)19-12-5-6-13-14(9-12)26-11-25-13/h5-6,9H,2-4,7-8,10-11H2,1H3,(H,19,22). The molecular weight excluding hydrogens is 338 g/mol. The first kappa shape index (κ1) is 16.7. The molecule has 1 N–H and O–H groups in total. The fourth-order valence-electron chi connectivity index (χ4n) is 3.99. The van der Waals surface area contributed by atoms with Gasteiger partial charge in [-0.2, -0.15) is 0 Å². The quantitative estimate of drug-likeness (QED) is 0.834. The normalized spacial score (nSPS) is 20.8. The van der Waals surface area contributed by atoms with Crippen LogP contribution in [-0.2, 0) is 9.59 Å². The van der Waals surface area contributed by atoms with Gasteiger partial charge in [0, 0.05) is 18.8 Å². The second-order valence-corrected chi connectivity index (χ2v) is 6.94. The number of amides is 4. The summed E-state index contributed by atoms with van der Waals surface area (Å²) in [7, 11) is 1.65. The molecule has 2 heterocycles. The van der Waals surface area contributed by atoms with Gasteiger partial charge in [0.15, 0.2) is 11.5 Å². The Kier molecular flexibility index (Phi) is 3.97. The molecule has 0 bridgehead atoms. The molecule has 0 radical (unpaired) electrons. The number of hydrogen-bond donors (Lipinski definition) is 1. The number of anilines is 1. The maximum Gasteiger partial charge on any atom is 0.327 e. The molecule has 4 amide bonds. The Morgan fingerprint density at radius 1 is 1.15 bits per heavy atom. The van der Waals surface area contributed by atoms with Gasteiger partial charge in [-0.3, -0.25) is 14.5 Å². The molecule has 26 heavy (non-hydrogen) atoms. The minimum atomic E-state index is -0.769. The molecule has 8 nitrogen and oxygen atoms in total. The molecule has 1 aliphatic carbocycles. The number of hydrogen-bond acceptors (Lipinski definition) is 5. The third-order valence-corrected chi connectivity index (χ3v) is 5.44. The van der Waals surface area contributed by atoms with Crippen LogP contribution < -0.4 is 14.8 Å². The van der Waals surface area contributed by atoms with Crippen molar-refractivity contribution in [2.45, 2.75) is 37.6 Å². The monoisotopic (exact) mass is 359 g/mol. The van der Waals surface area contributed by atoms with Crippen molar-refractivity contribution in [2.24, 2.45) is 0 Å². The smallest absolute Gasteiger partial charge is 0.327 e. The third kappa shape index (κ3) is 2.56. The Morgan fingerprint density at radius 3 is 2.65 bits per heavy atom. The zero-order chi connectivity index (χ0) is 18.3. The maximum atomic E-state index is 12.9. The average molecular weight is 359 g/mol. The van der Waals surface area contributed by atoms with E-state index in [2.05, 4.69) is 5.32 Å². The number of benzene rings is 1. The van der Waals surface area contributed by atoms with Crippen LogP contribution in [0.25, 0.3) is 0 Å². The number of urea groups is 1. The van der Waals surface area contributed by atoms with Crippen molar-refractivity contribution in [3.8, 4) is 11.5 Å². The maximum absolute atomic E-state index is 12.9. The van der Waals surface area contributed by atoms with Gasteiger partial charge in [0.1, 0.15) is 12.1 Å². The minimum Gasteiger partial charge on any atom is -0.454 e. The van der Waals surface area contributed by atoms with E-state index in [1.165, 1.54) is 4.90 Å². The van der Waals surface area contributed by atoms with Gasteiger partial charge in [-0.1, -0.05) is 19.3 Å². The van der Waals surface area contributed by atoms with Crippen molar-refractivity contribution >= 4 is 23.5 Å². The fourth-order valence-corrected chi connectivity index (χ4v) is 3.99. The largest absolute Gasteiger partial charge is 0.454 e. The number of carbonyl (C=O) groups excluding carboxylic acids is 3. The second kappa shape index (κ2) is 6.19. The van der Waals surface area contributed by atoms with Crippen molar-refractivity contribution < 1.29 is 23.9 Å². The fraction of sp³-hybridized carbons (Fsp3) is 0.500. The lowest BCUT2D eigenvalue weighted by atomic mass is 9.81. The van der Waals surface area contributed by atoms with Crippen LogP contribution in [0.15, 0.2) is 18.2 Å². The van der Waals surface area contributed by atoms with E-state index in [-0.39, 0.29) is 19.2 Å². The molecule has 4 rings (SSSR count). The van der Waals surface area contributed by atoms with Crippen LogP contribution in [0.5, 0.6) is 11.5 Å². The number of imide groups is 1. The van der Waals surface area contributed by atoms with E-state index in [1.54, 1.807) is 25.2 Å². The van der Waals surface area contributed by atoms with Crippen LogP contribution in [-0.4, -0.2) is 53.6 Å². The Labute approximate surface area is 151 Å². The lowest BCUT2D eigenvalue weighted by Crippen LogP contribution is -2.49. The molecule has 138 valence electrons. The highest BCUT2D eigenvalue weighted by molar-refractivity contribution is 6.10. The summed E-state index contributed by atoms with van der Waals surface area (Å²) in [5.41, 5.74) is -0.243.